The van der Waals surface area contributed by atoms with Crippen LogP contribution in [0.25, 0.3) is 11.1 Å². The van der Waals surface area contributed by atoms with Crippen LogP contribution in [0.2, 0.25) is 0 Å². The van der Waals surface area contributed by atoms with Gasteiger partial charge in [0.15, 0.2) is 0 Å². The summed E-state index contributed by atoms with van der Waals surface area (Å²) in [6.45, 7) is 23.7. The molecule has 0 aromatic heterocycles. The van der Waals surface area contributed by atoms with E-state index in [1.165, 1.54) is 22.3 Å². The Bertz CT molecular complexity index is 1330. The van der Waals surface area contributed by atoms with Crippen LogP contribution in [0.15, 0.2) is 161 Å². The maximum Gasteiger partial charge on any atom is 0.130 e. The molecule has 0 saturated heterocycles. The quantitative estimate of drug-likeness (QED) is 0.160. The highest BCUT2D eigenvalue weighted by molar-refractivity contribution is 5.99. The Hall–Kier alpha value is -4.39. The fourth-order valence-electron chi connectivity index (χ4n) is 3.52. The van der Waals surface area contributed by atoms with Crippen LogP contribution in [-0.4, -0.2) is 5.84 Å². The summed E-state index contributed by atoms with van der Waals surface area (Å²) < 4.78 is 0. The first-order valence-corrected chi connectivity index (χ1v) is 16.1. The van der Waals surface area contributed by atoms with Crippen molar-refractivity contribution in [1.82, 2.24) is 0 Å². The Balaban J connectivity index is 0. The summed E-state index contributed by atoms with van der Waals surface area (Å²) in [5, 5.41) is 0. The molecule has 0 fully saturated rings. The van der Waals surface area contributed by atoms with Crippen molar-refractivity contribution in [1.29, 1.82) is 0 Å². The Labute approximate surface area is 270 Å². The van der Waals surface area contributed by atoms with E-state index in [9.17, 15) is 0 Å². The molecule has 0 spiro atoms. The summed E-state index contributed by atoms with van der Waals surface area (Å²) in [6.07, 6.45) is 25.2. The van der Waals surface area contributed by atoms with E-state index >= 15 is 0 Å². The monoisotopic (exact) mass is 590 g/mol. The van der Waals surface area contributed by atoms with Gasteiger partial charge in [0.2, 0.25) is 0 Å². The van der Waals surface area contributed by atoms with Crippen LogP contribution in [0.4, 0.5) is 0 Å². The molecule has 4 rings (SSSR count). The lowest BCUT2D eigenvalue weighted by atomic mass is 10.0. The third-order valence-corrected chi connectivity index (χ3v) is 5.65. The summed E-state index contributed by atoms with van der Waals surface area (Å²) in [6, 6.07) is 18.2. The van der Waals surface area contributed by atoms with Gasteiger partial charge in [-0.1, -0.05) is 158 Å². The summed E-state index contributed by atoms with van der Waals surface area (Å²) >= 11 is 0. The van der Waals surface area contributed by atoms with Crippen LogP contribution in [0, 0.1) is 0 Å². The van der Waals surface area contributed by atoms with Gasteiger partial charge in [-0.3, -0.25) is 0 Å². The summed E-state index contributed by atoms with van der Waals surface area (Å²) in [5.41, 5.74) is 17.0. The molecule has 236 valence electrons. The molecule has 0 amide bonds. The Morgan fingerprint density at radius 3 is 2.07 bits per heavy atom. The second-order valence-corrected chi connectivity index (χ2v) is 8.70. The van der Waals surface area contributed by atoms with Crippen molar-refractivity contribution in [2.45, 2.75) is 82.1 Å². The summed E-state index contributed by atoms with van der Waals surface area (Å²) in [7, 11) is 0. The largest absolute Gasteiger partial charge is 0.383 e. The van der Waals surface area contributed by atoms with Crippen molar-refractivity contribution < 1.29 is 0 Å². The number of amidine groups is 1. The molecule has 2 heteroatoms. The first kappa shape index (κ1) is 41.7. The average Bonchev–Trinajstić information content (AvgIpc) is 3.52. The number of benzene rings is 2. The van der Waals surface area contributed by atoms with Gasteiger partial charge in [0.05, 0.1) is 0 Å². The molecule has 0 atom stereocenters. The average molecular weight is 591 g/mol. The highest BCUT2D eigenvalue weighted by Gasteiger charge is 2.03. The van der Waals surface area contributed by atoms with Gasteiger partial charge >= 0.3 is 0 Å². The molecule has 0 radical (unpaired) electrons. The van der Waals surface area contributed by atoms with Crippen molar-refractivity contribution >= 4 is 5.84 Å². The molecule has 2 aromatic rings. The number of aliphatic imine (C=N–C) groups is 1. The van der Waals surface area contributed by atoms with Crippen molar-refractivity contribution in [3.8, 4) is 11.1 Å². The van der Waals surface area contributed by atoms with Gasteiger partial charge in [-0.05, 0) is 79.7 Å². The standard InChI is InChI=1S/C16H16N2.C16H16.C4H8.3C2H6/c1-12(2)18-16(17)15-10-6-9-14(11-15)13-7-4-3-5-8-13;1-2-14-8-7-11-16(13-12-14)15-9-5-3-4-6-10-15;1-3-4-2;3*1-2/h3-11H,1H2,2H3,(H2,17,18);3-7,9,11-13H,2,10H2,1H3;3-4H,1-2H3;3*1-2H3/b;;4-3-;;;. The predicted molar refractivity (Wildman–Crippen MR) is 202 cm³/mol. The van der Waals surface area contributed by atoms with E-state index in [1.54, 1.807) is 0 Å². The number of hydrogen-bond acceptors (Lipinski definition) is 1. The molecule has 2 aromatic carbocycles. The van der Waals surface area contributed by atoms with Crippen molar-refractivity contribution in [2.75, 3.05) is 0 Å². The highest BCUT2D eigenvalue weighted by atomic mass is 14.9. The third kappa shape index (κ3) is 18.2. The van der Waals surface area contributed by atoms with Crippen LogP contribution in [0.1, 0.15) is 87.6 Å². The van der Waals surface area contributed by atoms with E-state index in [0.717, 1.165) is 24.0 Å². The number of rotatable bonds is 5. The van der Waals surface area contributed by atoms with E-state index < -0.39 is 0 Å². The van der Waals surface area contributed by atoms with Crippen molar-refractivity contribution in [2.24, 2.45) is 10.7 Å². The van der Waals surface area contributed by atoms with Gasteiger partial charge < -0.3 is 5.73 Å². The minimum absolute atomic E-state index is 0.500. The van der Waals surface area contributed by atoms with E-state index in [2.05, 4.69) is 91.0 Å². The molecule has 2 aliphatic carbocycles. The fraction of sp³-hybridized carbons (Fsp3) is 0.286. The second-order valence-electron chi connectivity index (χ2n) is 8.70. The zero-order valence-corrected chi connectivity index (χ0v) is 29.2. The SMILES string of the molecule is C/C=C\C.C=C(C)N=C(N)c1cccc(-c2ccccc2)c1.CC.CC.CC.CCC1=C=CC=C(C2=CC=CC=CC2)C=C1. The van der Waals surface area contributed by atoms with Gasteiger partial charge in [-0.15, -0.1) is 5.73 Å². The lowest BCUT2D eigenvalue weighted by molar-refractivity contribution is 1.15. The molecule has 0 aliphatic heterocycles. The van der Waals surface area contributed by atoms with Gasteiger partial charge in [-0.25, -0.2) is 4.99 Å². The fourth-order valence-corrected chi connectivity index (χ4v) is 3.52. The zero-order chi connectivity index (χ0) is 33.6. The topological polar surface area (TPSA) is 38.4 Å². The van der Waals surface area contributed by atoms with Crippen LogP contribution in [-0.2, 0) is 0 Å². The first-order chi connectivity index (χ1) is 21.5. The molecule has 44 heavy (non-hydrogen) atoms. The lowest BCUT2D eigenvalue weighted by Crippen LogP contribution is -2.13. The number of allylic oxidation sites excluding steroid dienone is 14. The van der Waals surface area contributed by atoms with E-state index in [4.69, 9.17) is 5.73 Å². The predicted octanol–water partition coefficient (Wildman–Crippen LogP) is 12.7. The number of nitrogens with zero attached hydrogens (tertiary/aromatic N) is 1. The molecular weight excluding hydrogens is 532 g/mol. The molecule has 0 saturated carbocycles. The third-order valence-electron chi connectivity index (χ3n) is 5.65. The molecule has 2 nitrogen and oxygen atoms in total. The van der Waals surface area contributed by atoms with Gasteiger partial charge in [0.1, 0.15) is 5.84 Å². The molecule has 2 N–H and O–H groups in total. The Morgan fingerprint density at radius 2 is 1.48 bits per heavy atom. The second kappa shape index (κ2) is 28.7. The lowest BCUT2D eigenvalue weighted by Gasteiger charge is -2.05. The van der Waals surface area contributed by atoms with Gasteiger partial charge in [-0.2, -0.15) is 0 Å². The van der Waals surface area contributed by atoms with E-state index in [0.29, 0.717) is 11.5 Å². The highest BCUT2D eigenvalue weighted by Crippen LogP contribution is 2.21. The maximum atomic E-state index is 5.93. The van der Waals surface area contributed by atoms with E-state index in [-0.39, 0.29) is 0 Å². The van der Waals surface area contributed by atoms with Crippen LogP contribution >= 0.6 is 0 Å². The number of hydrogen-bond donors (Lipinski definition) is 1. The minimum Gasteiger partial charge on any atom is -0.383 e. The van der Waals surface area contributed by atoms with Crippen LogP contribution < -0.4 is 5.73 Å². The Morgan fingerprint density at radius 1 is 0.841 bits per heavy atom. The molecule has 0 heterocycles. The summed E-state index contributed by atoms with van der Waals surface area (Å²) in [4.78, 5) is 4.18. The first-order valence-electron chi connectivity index (χ1n) is 16.1. The van der Waals surface area contributed by atoms with Gasteiger partial charge in [0, 0.05) is 11.3 Å². The maximum absolute atomic E-state index is 5.93. The Kier molecular flexibility index (Phi) is 27.2. The minimum atomic E-state index is 0.500. The van der Waals surface area contributed by atoms with Crippen LogP contribution in [0.5, 0.6) is 0 Å². The van der Waals surface area contributed by atoms with Crippen molar-refractivity contribution in [3.05, 3.63) is 162 Å². The van der Waals surface area contributed by atoms with Crippen LogP contribution in [0.3, 0.4) is 0 Å². The molecule has 0 bridgehead atoms. The zero-order valence-electron chi connectivity index (χ0n) is 29.2. The smallest absolute Gasteiger partial charge is 0.130 e. The van der Waals surface area contributed by atoms with Gasteiger partial charge in [0.25, 0.3) is 0 Å². The number of nitrogens with two attached hydrogens (primary N) is 1. The molecule has 2 aliphatic rings. The van der Waals surface area contributed by atoms with Crippen molar-refractivity contribution in [3.63, 3.8) is 0 Å². The normalized spacial score (nSPS) is 12.7. The summed E-state index contributed by atoms with van der Waals surface area (Å²) in [5.74, 6) is 0.500. The molecular formula is C42H58N2. The molecule has 0 unspecified atom stereocenters. The van der Waals surface area contributed by atoms with E-state index in [1.807, 2.05) is 117 Å².